The summed E-state index contributed by atoms with van der Waals surface area (Å²) in [7, 11) is 0. The Labute approximate surface area is 130 Å². The second-order valence-electron chi connectivity index (χ2n) is 5.99. The predicted octanol–water partition coefficient (Wildman–Crippen LogP) is 4.11. The summed E-state index contributed by atoms with van der Waals surface area (Å²) in [6, 6.07) is 0. The summed E-state index contributed by atoms with van der Waals surface area (Å²) in [5.74, 6) is -0.153. The van der Waals surface area contributed by atoms with Crippen LogP contribution in [0.1, 0.15) is 73.6 Å². The molecule has 0 radical (unpaired) electrons. The van der Waals surface area contributed by atoms with Crippen molar-refractivity contribution in [3.63, 3.8) is 0 Å². The number of carbonyl (C=O) groups is 1. The lowest BCUT2D eigenvalue weighted by atomic mass is 9.93. The molecule has 0 fully saturated rings. The molecule has 0 aromatic heterocycles. The van der Waals surface area contributed by atoms with E-state index in [0.29, 0.717) is 26.1 Å². The van der Waals surface area contributed by atoms with Gasteiger partial charge < -0.3 is 14.2 Å². The minimum Gasteiger partial charge on any atom is -0.466 e. The molecule has 0 saturated carbocycles. The third kappa shape index (κ3) is 8.42. The van der Waals surface area contributed by atoms with Crippen LogP contribution in [0.2, 0.25) is 0 Å². The average Bonchev–Trinajstić information content (AvgIpc) is 2.44. The largest absolute Gasteiger partial charge is 0.466 e. The standard InChI is InChI=1S/C17H34O4/c1-7-17(8-2,20-10-4)13-14-21-16(5,6)12-11-15(18)19-9-3/h7-14H2,1-6H3. The molecule has 0 aromatic carbocycles. The SMILES string of the molecule is CCOC(=O)CCC(C)(C)OCCC(CC)(CC)OCC. The van der Waals surface area contributed by atoms with E-state index in [4.69, 9.17) is 14.2 Å². The Hall–Kier alpha value is -0.610. The van der Waals surface area contributed by atoms with E-state index in [0.717, 1.165) is 25.9 Å². The molecule has 0 aliphatic carbocycles. The maximum absolute atomic E-state index is 11.4. The van der Waals surface area contributed by atoms with Crippen LogP contribution in [0.15, 0.2) is 0 Å². The summed E-state index contributed by atoms with van der Waals surface area (Å²) in [5.41, 5.74) is -0.391. The van der Waals surface area contributed by atoms with Crippen LogP contribution < -0.4 is 0 Å². The first kappa shape index (κ1) is 20.4. The minimum atomic E-state index is -0.313. The van der Waals surface area contributed by atoms with Crippen LogP contribution >= 0.6 is 0 Å². The van der Waals surface area contributed by atoms with Crippen LogP contribution in [0.3, 0.4) is 0 Å². The first-order valence-electron chi connectivity index (χ1n) is 8.28. The van der Waals surface area contributed by atoms with Crippen LogP contribution in [0.4, 0.5) is 0 Å². The molecular weight excluding hydrogens is 268 g/mol. The summed E-state index contributed by atoms with van der Waals surface area (Å²) in [6.45, 7) is 14.0. The number of hydrogen-bond donors (Lipinski definition) is 0. The number of rotatable bonds is 12. The van der Waals surface area contributed by atoms with Crippen molar-refractivity contribution in [2.24, 2.45) is 0 Å². The summed E-state index contributed by atoms with van der Waals surface area (Å²) in [6.07, 6.45) is 3.94. The molecule has 0 amide bonds. The summed E-state index contributed by atoms with van der Waals surface area (Å²) >= 11 is 0. The van der Waals surface area contributed by atoms with E-state index in [2.05, 4.69) is 13.8 Å². The van der Waals surface area contributed by atoms with Gasteiger partial charge in [-0.1, -0.05) is 13.8 Å². The van der Waals surface area contributed by atoms with Crippen molar-refractivity contribution < 1.29 is 19.0 Å². The van der Waals surface area contributed by atoms with E-state index in [1.54, 1.807) is 0 Å². The Bertz CT molecular complexity index is 283. The van der Waals surface area contributed by atoms with Crippen molar-refractivity contribution in [1.29, 1.82) is 0 Å². The Morgan fingerprint density at radius 3 is 2.00 bits per heavy atom. The highest BCUT2D eigenvalue weighted by molar-refractivity contribution is 5.69. The molecule has 0 saturated heterocycles. The fourth-order valence-electron chi connectivity index (χ4n) is 2.41. The van der Waals surface area contributed by atoms with Gasteiger partial charge in [-0.25, -0.2) is 0 Å². The molecule has 0 N–H and O–H groups in total. The van der Waals surface area contributed by atoms with Crippen molar-refractivity contribution in [3.05, 3.63) is 0 Å². The van der Waals surface area contributed by atoms with Crippen LogP contribution in [-0.4, -0.2) is 37.0 Å². The van der Waals surface area contributed by atoms with Crippen molar-refractivity contribution >= 4 is 5.97 Å². The molecule has 0 aromatic rings. The lowest BCUT2D eigenvalue weighted by molar-refractivity contribution is -0.145. The lowest BCUT2D eigenvalue weighted by Crippen LogP contribution is -2.35. The first-order valence-corrected chi connectivity index (χ1v) is 8.28. The van der Waals surface area contributed by atoms with Crippen molar-refractivity contribution in [2.75, 3.05) is 19.8 Å². The minimum absolute atomic E-state index is 0.0774. The molecule has 0 spiro atoms. The van der Waals surface area contributed by atoms with Gasteiger partial charge in [0.05, 0.1) is 24.4 Å². The Morgan fingerprint density at radius 2 is 1.52 bits per heavy atom. The Balaban J connectivity index is 4.20. The van der Waals surface area contributed by atoms with Crippen LogP contribution in [0.5, 0.6) is 0 Å². The van der Waals surface area contributed by atoms with E-state index in [-0.39, 0.29) is 17.2 Å². The second kappa shape index (κ2) is 10.2. The zero-order valence-electron chi connectivity index (χ0n) is 14.8. The van der Waals surface area contributed by atoms with Gasteiger partial charge in [0.2, 0.25) is 0 Å². The molecule has 21 heavy (non-hydrogen) atoms. The van der Waals surface area contributed by atoms with Gasteiger partial charge in [-0.2, -0.15) is 0 Å². The number of esters is 1. The average molecular weight is 302 g/mol. The molecule has 0 rings (SSSR count). The summed E-state index contributed by atoms with van der Waals surface area (Å²) in [4.78, 5) is 11.4. The monoisotopic (exact) mass is 302 g/mol. The maximum Gasteiger partial charge on any atom is 0.305 e. The number of hydrogen-bond acceptors (Lipinski definition) is 4. The zero-order chi connectivity index (χ0) is 16.4. The normalized spacial score (nSPS) is 12.5. The van der Waals surface area contributed by atoms with Gasteiger partial charge in [-0.05, 0) is 53.4 Å². The summed E-state index contributed by atoms with van der Waals surface area (Å²) < 4.78 is 16.8. The topological polar surface area (TPSA) is 44.8 Å². The van der Waals surface area contributed by atoms with E-state index in [1.165, 1.54) is 0 Å². The van der Waals surface area contributed by atoms with E-state index in [1.807, 2.05) is 27.7 Å². The van der Waals surface area contributed by atoms with Gasteiger partial charge >= 0.3 is 5.97 Å². The third-order valence-electron chi connectivity index (χ3n) is 4.03. The van der Waals surface area contributed by atoms with E-state index in [9.17, 15) is 4.79 Å². The van der Waals surface area contributed by atoms with Crippen LogP contribution in [0.25, 0.3) is 0 Å². The molecule has 4 heteroatoms. The highest BCUT2D eigenvalue weighted by Gasteiger charge is 2.28. The predicted molar refractivity (Wildman–Crippen MR) is 85.5 cm³/mol. The zero-order valence-corrected chi connectivity index (χ0v) is 14.8. The molecule has 0 unspecified atom stereocenters. The smallest absolute Gasteiger partial charge is 0.305 e. The van der Waals surface area contributed by atoms with Gasteiger partial charge in [-0.15, -0.1) is 0 Å². The fourth-order valence-corrected chi connectivity index (χ4v) is 2.41. The summed E-state index contributed by atoms with van der Waals surface area (Å²) in [5, 5.41) is 0. The Kier molecular flexibility index (Phi) is 9.88. The molecule has 0 aliphatic heterocycles. The maximum atomic E-state index is 11.4. The molecular formula is C17H34O4. The molecule has 0 aliphatic rings. The highest BCUT2D eigenvalue weighted by atomic mass is 16.5. The van der Waals surface area contributed by atoms with Crippen LogP contribution in [0, 0.1) is 0 Å². The van der Waals surface area contributed by atoms with Crippen molar-refractivity contribution in [2.45, 2.75) is 84.8 Å². The quantitative estimate of drug-likeness (QED) is 0.509. The van der Waals surface area contributed by atoms with Crippen molar-refractivity contribution in [3.8, 4) is 0 Å². The van der Waals surface area contributed by atoms with Gasteiger partial charge in [0, 0.05) is 13.0 Å². The molecule has 4 nitrogen and oxygen atoms in total. The first-order chi connectivity index (χ1) is 9.84. The van der Waals surface area contributed by atoms with E-state index >= 15 is 0 Å². The second-order valence-corrected chi connectivity index (χ2v) is 5.99. The van der Waals surface area contributed by atoms with Crippen molar-refractivity contribution in [1.82, 2.24) is 0 Å². The van der Waals surface area contributed by atoms with Gasteiger partial charge in [-0.3, -0.25) is 4.79 Å². The van der Waals surface area contributed by atoms with E-state index < -0.39 is 0 Å². The Morgan fingerprint density at radius 1 is 0.905 bits per heavy atom. The number of ether oxygens (including phenoxy) is 3. The highest BCUT2D eigenvalue weighted by Crippen LogP contribution is 2.26. The molecule has 126 valence electrons. The lowest BCUT2D eigenvalue weighted by Gasteiger charge is -2.33. The van der Waals surface area contributed by atoms with Gasteiger partial charge in [0.15, 0.2) is 0 Å². The number of carbonyl (C=O) groups excluding carboxylic acids is 1. The molecule has 0 heterocycles. The molecule has 0 atom stereocenters. The van der Waals surface area contributed by atoms with Gasteiger partial charge in [0.25, 0.3) is 0 Å². The fraction of sp³-hybridized carbons (Fsp3) is 0.941. The van der Waals surface area contributed by atoms with Gasteiger partial charge in [0.1, 0.15) is 0 Å². The third-order valence-corrected chi connectivity index (χ3v) is 4.03. The van der Waals surface area contributed by atoms with Crippen LogP contribution in [-0.2, 0) is 19.0 Å². The molecule has 0 bridgehead atoms.